The second-order valence-corrected chi connectivity index (χ2v) is 0.495. The van der Waals surface area contributed by atoms with Crippen molar-refractivity contribution in [2.45, 2.75) is 0 Å². The van der Waals surface area contributed by atoms with Crippen molar-refractivity contribution in [3.63, 3.8) is 0 Å². The minimum Gasteiger partial charge on any atom is -0.418 e. The molecule has 0 amide bonds. The maximum atomic E-state index is 9.75. The van der Waals surface area contributed by atoms with Gasteiger partial charge in [0.25, 0.3) is 0 Å². The Hall–Kier alpha value is 0.0644. The van der Waals surface area contributed by atoms with Gasteiger partial charge in [-0.05, 0) is 0 Å². The summed E-state index contributed by atoms with van der Waals surface area (Å²) >= 11 is 0. The molecule has 0 saturated carbocycles. The van der Waals surface area contributed by atoms with Crippen molar-refractivity contribution in [3.05, 3.63) is 0 Å². The molecule has 0 spiro atoms. The molecule has 0 aliphatic carbocycles. The quantitative estimate of drug-likeness (QED) is 0.306. The van der Waals surface area contributed by atoms with Crippen LogP contribution < -0.4 is 0 Å². The van der Waals surface area contributed by atoms with Gasteiger partial charge < -0.3 is 50.1 Å². The largest absolute Gasteiger partial charge is 1.00 e. The topological polar surface area (TPSA) is 189 Å². The van der Waals surface area contributed by atoms with Gasteiger partial charge in [0, 0.05) is 0 Å². The molecule has 0 atom stereocenters. The molecule has 0 aliphatic rings. The van der Waals surface area contributed by atoms with Crippen LogP contribution >= 0.6 is 0 Å². The Labute approximate surface area is 75.4 Å². The minimum atomic E-state index is -6.00. The third-order valence-corrected chi connectivity index (χ3v) is 0. The van der Waals surface area contributed by atoms with E-state index in [0.717, 1.165) is 0 Å². The molecule has 0 bridgehead atoms. The normalized spacial score (nSPS) is 5.00. The summed E-state index contributed by atoms with van der Waals surface area (Å²) in [7, 11) is -6.00. The first-order chi connectivity index (χ1) is 2.00. The average molecular weight is 258 g/mol. The van der Waals surface area contributed by atoms with Crippen LogP contribution in [0.1, 0.15) is 0 Å². The third kappa shape index (κ3) is 199000. The maximum Gasteiger partial charge on any atom is 1.00 e. The Balaban J connectivity index is -0.00000000381. The van der Waals surface area contributed by atoms with Gasteiger partial charge in [-0.15, -0.1) is 0 Å². The molecule has 0 radical (unpaired) electrons. The molecule has 12 heavy (non-hydrogen) atoms. The van der Waals surface area contributed by atoms with Crippen LogP contribution in [0.2, 0.25) is 0 Å². The van der Waals surface area contributed by atoms with Gasteiger partial charge in [0.2, 0.25) is 0 Å². The Morgan fingerprint density at radius 1 is 0.500 bits per heavy atom. The van der Waals surface area contributed by atoms with Crippen molar-refractivity contribution >= 4 is 7.25 Å². The van der Waals surface area contributed by atoms with Crippen LogP contribution in [0.4, 0.5) is 17.3 Å². The van der Waals surface area contributed by atoms with Gasteiger partial charge in [0.1, 0.15) is 0 Å². The van der Waals surface area contributed by atoms with Gasteiger partial charge in [-0.2, -0.15) is 0 Å². The maximum absolute atomic E-state index is 9.75. The molecule has 12 heteroatoms. The summed E-state index contributed by atoms with van der Waals surface area (Å²) in [6.45, 7) is 0. The van der Waals surface area contributed by atoms with Gasteiger partial charge in [-0.1, -0.05) is 0 Å². The van der Waals surface area contributed by atoms with E-state index >= 15 is 0 Å². The van der Waals surface area contributed by atoms with Crippen LogP contribution in [-0.4, -0.2) is 40.1 Å². The molecule has 0 saturated heterocycles. The van der Waals surface area contributed by atoms with E-state index in [2.05, 4.69) is 0 Å². The predicted octanol–water partition coefficient (Wildman–Crippen LogP) is -3.65. The fraction of sp³-hybridized carbons (Fsp3) is 0. The first-order valence-electron chi connectivity index (χ1n) is 0.873. The smallest absolute Gasteiger partial charge is 0.418 e. The summed E-state index contributed by atoms with van der Waals surface area (Å²) in [4.78, 5) is 0. The van der Waals surface area contributed by atoms with Crippen LogP contribution in [0, 0.1) is 0 Å². The summed E-state index contributed by atoms with van der Waals surface area (Å²) < 4.78 is 39.0. The van der Waals surface area contributed by atoms with Crippen molar-refractivity contribution in [1.82, 2.24) is 0 Å². The zero-order valence-corrected chi connectivity index (χ0v) is 6.33. The second-order valence-electron chi connectivity index (χ2n) is 0.495. The minimum absolute atomic E-state index is 0. The molecular formula is H12BCuF4O6. The summed E-state index contributed by atoms with van der Waals surface area (Å²) in [5, 5.41) is 0. The first-order valence-corrected chi connectivity index (χ1v) is 0.873. The summed E-state index contributed by atoms with van der Waals surface area (Å²) in [6.07, 6.45) is 0. The van der Waals surface area contributed by atoms with Gasteiger partial charge in [0.05, 0.1) is 0 Å². The first kappa shape index (κ1) is 89.4. The molecule has 0 rings (SSSR count). The van der Waals surface area contributed by atoms with Crippen molar-refractivity contribution < 1.29 is 67.2 Å². The van der Waals surface area contributed by atoms with Crippen LogP contribution in [0.5, 0.6) is 0 Å². The van der Waals surface area contributed by atoms with Gasteiger partial charge in [-0.25, -0.2) is 0 Å². The van der Waals surface area contributed by atoms with Crippen molar-refractivity contribution in [2.75, 3.05) is 0 Å². The summed E-state index contributed by atoms with van der Waals surface area (Å²) in [6, 6.07) is 0. The molecule has 12 N–H and O–H groups in total. The molecule has 0 aromatic heterocycles. The molecule has 0 aromatic carbocycles. The van der Waals surface area contributed by atoms with Gasteiger partial charge >= 0.3 is 24.3 Å². The molecule has 0 aliphatic heterocycles. The standard InChI is InChI=1S/BF4.Cu.6H2O/c2-1(3,4)5;;;;;;;/h;;6*1H2/q-1;+1;;;;;;. The Bertz CT molecular complexity index is 35.0. The zero-order valence-electron chi connectivity index (χ0n) is 5.39. The molecule has 90 valence electrons. The van der Waals surface area contributed by atoms with E-state index in [1.54, 1.807) is 0 Å². The van der Waals surface area contributed by atoms with Gasteiger partial charge in [-0.3, -0.25) is 0 Å². The fourth-order valence-electron chi connectivity index (χ4n) is 0. The number of hydrogen-bond acceptors (Lipinski definition) is 0. The average Bonchev–Trinajstić information content (AvgIpc) is 0.722. The number of halogens is 4. The van der Waals surface area contributed by atoms with Crippen LogP contribution in [0.25, 0.3) is 0 Å². The molecule has 0 unspecified atom stereocenters. The van der Waals surface area contributed by atoms with Crippen molar-refractivity contribution in [3.8, 4) is 0 Å². The van der Waals surface area contributed by atoms with E-state index in [9.17, 15) is 17.3 Å². The predicted molar refractivity (Wildman–Crippen MR) is 31.9 cm³/mol. The van der Waals surface area contributed by atoms with E-state index in [-0.39, 0.29) is 49.9 Å². The van der Waals surface area contributed by atoms with Gasteiger partial charge in [0.15, 0.2) is 0 Å². The molecule has 6 nitrogen and oxygen atoms in total. The van der Waals surface area contributed by atoms with E-state index in [1.165, 1.54) is 0 Å². The van der Waals surface area contributed by atoms with Crippen molar-refractivity contribution in [1.29, 1.82) is 0 Å². The molecule has 0 heterocycles. The Kier molecular flexibility index (Phi) is 227. The monoisotopic (exact) mass is 258 g/mol. The zero-order chi connectivity index (χ0) is 4.50. The second kappa shape index (κ2) is 30.5. The van der Waals surface area contributed by atoms with E-state index in [0.29, 0.717) is 0 Å². The number of hydrogen-bond donors (Lipinski definition) is 0. The van der Waals surface area contributed by atoms with Crippen molar-refractivity contribution in [2.24, 2.45) is 0 Å². The molecule has 0 fully saturated rings. The Morgan fingerprint density at radius 3 is 0.500 bits per heavy atom. The fourth-order valence-corrected chi connectivity index (χ4v) is 0. The van der Waals surface area contributed by atoms with Crippen LogP contribution in [0.3, 0.4) is 0 Å². The SMILES string of the molecule is F[B-](F)(F)F.O.O.O.O.O.O.[Cu+]. The molecule has 0 aromatic rings. The summed E-state index contributed by atoms with van der Waals surface area (Å²) in [5.41, 5.74) is 0. The van der Waals surface area contributed by atoms with Crippen LogP contribution in [0.15, 0.2) is 0 Å². The van der Waals surface area contributed by atoms with E-state index < -0.39 is 7.25 Å². The third-order valence-electron chi connectivity index (χ3n) is 0. The van der Waals surface area contributed by atoms with E-state index in [1.807, 2.05) is 0 Å². The van der Waals surface area contributed by atoms with Crippen LogP contribution in [-0.2, 0) is 17.1 Å². The Morgan fingerprint density at radius 2 is 0.500 bits per heavy atom. The number of rotatable bonds is 0. The molecular weight excluding hydrogens is 246 g/mol. The summed E-state index contributed by atoms with van der Waals surface area (Å²) in [5.74, 6) is 0. The van der Waals surface area contributed by atoms with E-state index in [4.69, 9.17) is 0 Å².